The summed E-state index contributed by atoms with van der Waals surface area (Å²) in [7, 11) is 0. The molecule has 0 saturated carbocycles. The Bertz CT molecular complexity index is 168. The standard InChI is InChI=1S/C10H16S/c1-2-4-9-5-3-6-10(7-9)8-11/h2,4,6,9,11H,3,5,7-8H2,1H3/b4-2-. The second-order valence-corrected chi connectivity index (χ2v) is 3.40. The van der Waals surface area contributed by atoms with Crippen LogP contribution in [0.4, 0.5) is 0 Å². The molecule has 0 bridgehead atoms. The summed E-state index contributed by atoms with van der Waals surface area (Å²) in [6, 6.07) is 0. The topological polar surface area (TPSA) is 0 Å². The van der Waals surface area contributed by atoms with E-state index in [2.05, 4.69) is 37.8 Å². The maximum atomic E-state index is 4.28. The van der Waals surface area contributed by atoms with E-state index >= 15 is 0 Å². The van der Waals surface area contributed by atoms with Gasteiger partial charge in [-0.1, -0.05) is 23.8 Å². The SMILES string of the molecule is C/C=C\C1CCC=C(CS)C1. The lowest BCUT2D eigenvalue weighted by Crippen LogP contribution is -2.04. The van der Waals surface area contributed by atoms with Gasteiger partial charge < -0.3 is 0 Å². The molecule has 0 nitrogen and oxygen atoms in total. The molecule has 11 heavy (non-hydrogen) atoms. The van der Waals surface area contributed by atoms with Crippen molar-refractivity contribution < 1.29 is 0 Å². The number of rotatable bonds is 2. The predicted octanol–water partition coefficient (Wildman–Crippen LogP) is 3.22. The summed E-state index contributed by atoms with van der Waals surface area (Å²) in [4.78, 5) is 0. The van der Waals surface area contributed by atoms with Gasteiger partial charge in [0.15, 0.2) is 0 Å². The third-order valence-electron chi connectivity index (χ3n) is 2.16. The largest absolute Gasteiger partial charge is 0.175 e. The molecule has 1 heteroatoms. The zero-order chi connectivity index (χ0) is 8.10. The minimum absolute atomic E-state index is 0.784. The van der Waals surface area contributed by atoms with Crippen LogP contribution in [0.25, 0.3) is 0 Å². The molecular weight excluding hydrogens is 152 g/mol. The summed E-state index contributed by atoms with van der Waals surface area (Å²) < 4.78 is 0. The van der Waals surface area contributed by atoms with Gasteiger partial charge in [-0.25, -0.2) is 0 Å². The Kier molecular flexibility index (Phi) is 3.78. The summed E-state index contributed by atoms with van der Waals surface area (Å²) in [5, 5.41) is 0. The highest BCUT2D eigenvalue weighted by Gasteiger charge is 2.10. The number of hydrogen-bond donors (Lipinski definition) is 1. The van der Waals surface area contributed by atoms with Gasteiger partial charge in [-0.3, -0.25) is 0 Å². The van der Waals surface area contributed by atoms with Crippen molar-refractivity contribution in [2.75, 3.05) is 5.75 Å². The van der Waals surface area contributed by atoms with Gasteiger partial charge in [-0.05, 0) is 32.1 Å². The zero-order valence-electron chi connectivity index (χ0n) is 7.09. The van der Waals surface area contributed by atoms with Crippen LogP contribution < -0.4 is 0 Å². The first-order valence-electron chi connectivity index (χ1n) is 4.28. The molecule has 0 aromatic carbocycles. The van der Waals surface area contributed by atoms with Crippen molar-refractivity contribution in [1.29, 1.82) is 0 Å². The molecule has 1 aliphatic carbocycles. The van der Waals surface area contributed by atoms with E-state index in [1.807, 2.05) is 0 Å². The number of thiol groups is 1. The van der Waals surface area contributed by atoms with E-state index in [1.54, 1.807) is 0 Å². The molecule has 0 amide bonds. The quantitative estimate of drug-likeness (QED) is 0.475. The van der Waals surface area contributed by atoms with Crippen molar-refractivity contribution >= 4 is 12.6 Å². The van der Waals surface area contributed by atoms with Crippen molar-refractivity contribution in [3.8, 4) is 0 Å². The molecule has 0 aromatic heterocycles. The van der Waals surface area contributed by atoms with Crippen molar-refractivity contribution in [3.63, 3.8) is 0 Å². The van der Waals surface area contributed by atoms with Gasteiger partial charge >= 0.3 is 0 Å². The van der Waals surface area contributed by atoms with Crippen molar-refractivity contribution in [1.82, 2.24) is 0 Å². The number of allylic oxidation sites excluding steroid dienone is 3. The van der Waals surface area contributed by atoms with Crippen LogP contribution in [0, 0.1) is 5.92 Å². The number of hydrogen-bond acceptors (Lipinski definition) is 1. The van der Waals surface area contributed by atoms with Crippen LogP contribution in [-0.2, 0) is 0 Å². The van der Waals surface area contributed by atoms with Gasteiger partial charge in [-0.2, -0.15) is 12.6 Å². The summed E-state index contributed by atoms with van der Waals surface area (Å²) in [6.45, 7) is 2.10. The maximum absolute atomic E-state index is 4.28. The van der Waals surface area contributed by atoms with Crippen LogP contribution in [0.5, 0.6) is 0 Å². The molecule has 1 rings (SSSR count). The van der Waals surface area contributed by atoms with E-state index < -0.39 is 0 Å². The molecule has 0 fully saturated rings. The van der Waals surface area contributed by atoms with Crippen LogP contribution in [0.1, 0.15) is 26.2 Å². The van der Waals surface area contributed by atoms with Crippen LogP contribution in [-0.4, -0.2) is 5.75 Å². The lowest BCUT2D eigenvalue weighted by Gasteiger charge is -2.18. The van der Waals surface area contributed by atoms with Gasteiger partial charge in [-0.15, -0.1) is 0 Å². The Hall–Kier alpha value is -0.170. The summed E-state index contributed by atoms with van der Waals surface area (Å²) in [5.74, 6) is 1.72. The summed E-state index contributed by atoms with van der Waals surface area (Å²) in [5.41, 5.74) is 1.52. The molecule has 1 unspecified atom stereocenters. The molecule has 62 valence electrons. The van der Waals surface area contributed by atoms with E-state index in [-0.39, 0.29) is 0 Å². The second-order valence-electron chi connectivity index (χ2n) is 3.09. The predicted molar refractivity (Wildman–Crippen MR) is 54.1 cm³/mol. The first-order chi connectivity index (χ1) is 5.36. The molecule has 0 radical (unpaired) electrons. The second kappa shape index (κ2) is 4.66. The maximum Gasteiger partial charge on any atom is 0.0113 e. The highest BCUT2D eigenvalue weighted by molar-refractivity contribution is 7.80. The highest BCUT2D eigenvalue weighted by atomic mass is 32.1. The third-order valence-corrected chi connectivity index (χ3v) is 2.57. The Balaban J connectivity index is 2.46. The Morgan fingerprint density at radius 2 is 2.55 bits per heavy atom. The fourth-order valence-corrected chi connectivity index (χ4v) is 1.85. The van der Waals surface area contributed by atoms with Crippen molar-refractivity contribution in [2.24, 2.45) is 5.92 Å². The molecular formula is C10H16S. The van der Waals surface area contributed by atoms with E-state index in [1.165, 1.54) is 24.8 Å². The van der Waals surface area contributed by atoms with Gasteiger partial charge in [0, 0.05) is 5.75 Å². The Morgan fingerprint density at radius 3 is 3.18 bits per heavy atom. The fourth-order valence-electron chi connectivity index (χ4n) is 1.59. The normalized spacial score (nSPS) is 25.6. The van der Waals surface area contributed by atoms with Crippen molar-refractivity contribution in [2.45, 2.75) is 26.2 Å². The van der Waals surface area contributed by atoms with Gasteiger partial charge in [0.05, 0.1) is 0 Å². The average molecular weight is 168 g/mol. The van der Waals surface area contributed by atoms with E-state index in [0.29, 0.717) is 0 Å². The van der Waals surface area contributed by atoms with Crippen LogP contribution in [0.2, 0.25) is 0 Å². The van der Waals surface area contributed by atoms with E-state index in [4.69, 9.17) is 0 Å². The first kappa shape index (κ1) is 8.92. The minimum atomic E-state index is 0.784. The molecule has 0 aromatic rings. The average Bonchev–Trinajstić information content (AvgIpc) is 2.06. The molecule has 0 saturated heterocycles. The molecule has 0 N–H and O–H groups in total. The molecule has 1 atom stereocenters. The monoisotopic (exact) mass is 168 g/mol. The van der Waals surface area contributed by atoms with Gasteiger partial charge in [0.25, 0.3) is 0 Å². The summed E-state index contributed by atoms with van der Waals surface area (Å²) in [6.07, 6.45) is 10.6. The lowest BCUT2D eigenvalue weighted by molar-refractivity contribution is 0.564. The van der Waals surface area contributed by atoms with E-state index in [9.17, 15) is 0 Å². The third kappa shape index (κ3) is 2.74. The first-order valence-corrected chi connectivity index (χ1v) is 4.91. The zero-order valence-corrected chi connectivity index (χ0v) is 7.98. The summed E-state index contributed by atoms with van der Waals surface area (Å²) >= 11 is 4.28. The minimum Gasteiger partial charge on any atom is -0.175 e. The van der Waals surface area contributed by atoms with Crippen LogP contribution >= 0.6 is 12.6 Å². The van der Waals surface area contributed by atoms with E-state index in [0.717, 1.165) is 11.7 Å². The highest BCUT2D eigenvalue weighted by Crippen LogP contribution is 2.25. The Labute approximate surface area is 74.8 Å². The molecule has 0 spiro atoms. The smallest absolute Gasteiger partial charge is 0.0113 e. The van der Waals surface area contributed by atoms with Crippen molar-refractivity contribution in [3.05, 3.63) is 23.8 Å². The molecule has 0 heterocycles. The molecule has 0 aliphatic heterocycles. The van der Waals surface area contributed by atoms with Crippen LogP contribution in [0.3, 0.4) is 0 Å². The van der Waals surface area contributed by atoms with Crippen LogP contribution in [0.15, 0.2) is 23.8 Å². The fraction of sp³-hybridized carbons (Fsp3) is 0.600. The molecule has 1 aliphatic rings. The van der Waals surface area contributed by atoms with Gasteiger partial charge in [0.1, 0.15) is 0 Å². The lowest BCUT2D eigenvalue weighted by atomic mass is 9.89. The Morgan fingerprint density at radius 1 is 1.73 bits per heavy atom. The van der Waals surface area contributed by atoms with Gasteiger partial charge in [0.2, 0.25) is 0 Å².